The van der Waals surface area contributed by atoms with E-state index in [-0.39, 0.29) is 0 Å². The van der Waals surface area contributed by atoms with Crippen LogP contribution >= 0.6 is 0 Å². The average molecular weight is 352 g/mol. The minimum absolute atomic E-state index is 0.329. The van der Waals surface area contributed by atoms with Crippen molar-refractivity contribution in [3.05, 3.63) is 29.1 Å². The van der Waals surface area contributed by atoms with Crippen molar-refractivity contribution < 1.29 is 40.0 Å². The summed E-state index contributed by atoms with van der Waals surface area (Å²) in [5, 5.41) is 0. The van der Waals surface area contributed by atoms with Crippen LogP contribution in [0.1, 0.15) is 10.4 Å². The third-order valence-corrected chi connectivity index (χ3v) is 2.83. The van der Waals surface area contributed by atoms with Crippen LogP contribution in [0.5, 0.6) is 5.75 Å². The predicted molar refractivity (Wildman–Crippen MR) is 71.7 cm³/mol. The van der Waals surface area contributed by atoms with Gasteiger partial charge >= 0.3 is 5.97 Å². The molecule has 1 aromatic rings. The molecule has 126 valence electrons. The number of carbonyl (C=O) groups is 1. The minimum Gasteiger partial charge on any atom is -0.491 e. The summed E-state index contributed by atoms with van der Waals surface area (Å²) in [6.07, 6.45) is 0.827. The molecule has 0 radical (unpaired) electrons. The lowest BCUT2D eigenvalue weighted by Gasteiger charge is -2.08. The second kappa shape index (κ2) is 7.85. The fraction of sp³-hybridized carbons (Fsp3) is 0.308. The Morgan fingerprint density at radius 1 is 1.17 bits per heavy atom. The summed E-state index contributed by atoms with van der Waals surface area (Å²) in [6.45, 7) is -0.990. The van der Waals surface area contributed by atoms with Crippen molar-refractivity contribution in [3.63, 3.8) is 0 Å². The van der Waals surface area contributed by atoms with Gasteiger partial charge in [0.2, 0.25) is 5.82 Å². The van der Waals surface area contributed by atoms with E-state index in [4.69, 9.17) is 0 Å². The SMILES string of the molecule is COc1c(F)c(F)cc(C(=O)OCC#CCOS(C)(=O)=O)c1F. The van der Waals surface area contributed by atoms with Gasteiger partial charge in [0.05, 0.1) is 13.4 Å². The second-order valence-electron chi connectivity index (χ2n) is 3.96. The summed E-state index contributed by atoms with van der Waals surface area (Å²) in [7, 11) is -2.74. The number of hydrogen-bond acceptors (Lipinski definition) is 6. The number of hydrogen-bond donors (Lipinski definition) is 0. The summed E-state index contributed by atoms with van der Waals surface area (Å²) in [5.41, 5.74) is -0.866. The number of methoxy groups -OCH3 is 1. The molecular weight excluding hydrogens is 341 g/mol. The van der Waals surface area contributed by atoms with Gasteiger partial charge in [-0.15, -0.1) is 0 Å². The first kappa shape index (κ1) is 18.8. The van der Waals surface area contributed by atoms with Gasteiger partial charge in [0.15, 0.2) is 24.0 Å². The monoisotopic (exact) mass is 352 g/mol. The Labute approximate surface area is 130 Å². The largest absolute Gasteiger partial charge is 0.491 e. The van der Waals surface area contributed by atoms with Crippen molar-refractivity contribution in [1.82, 2.24) is 0 Å². The van der Waals surface area contributed by atoms with Gasteiger partial charge in [0, 0.05) is 0 Å². The quantitative estimate of drug-likeness (QED) is 0.343. The minimum atomic E-state index is -3.64. The van der Waals surface area contributed by atoms with Crippen LogP contribution in [0, 0.1) is 29.3 Å². The van der Waals surface area contributed by atoms with E-state index in [1.54, 1.807) is 0 Å². The highest BCUT2D eigenvalue weighted by Gasteiger charge is 2.24. The van der Waals surface area contributed by atoms with Crippen molar-refractivity contribution in [2.75, 3.05) is 26.6 Å². The zero-order chi connectivity index (χ0) is 17.6. The Morgan fingerprint density at radius 2 is 1.78 bits per heavy atom. The number of esters is 1. The Hall–Kier alpha value is -2.25. The number of carbonyl (C=O) groups excluding carboxylic acids is 1. The van der Waals surface area contributed by atoms with E-state index in [0.717, 1.165) is 13.4 Å². The van der Waals surface area contributed by atoms with Crippen LogP contribution in [-0.2, 0) is 19.0 Å². The van der Waals surface area contributed by atoms with Crippen LogP contribution in [0.25, 0.3) is 0 Å². The first-order valence-electron chi connectivity index (χ1n) is 5.86. The molecule has 0 spiro atoms. The Bertz CT molecular complexity index is 764. The maximum atomic E-state index is 13.8. The van der Waals surface area contributed by atoms with Crippen LogP contribution < -0.4 is 4.74 Å². The lowest BCUT2D eigenvalue weighted by Crippen LogP contribution is -2.11. The molecule has 0 aliphatic carbocycles. The zero-order valence-electron chi connectivity index (χ0n) is 12.0. The van der Waals surface area contributed by atoms with E-state index in [2.05, 4.69) is 25.5 Å². The summed E-state index contributed by atoms with van der Waals surface area (Å²) in [6, 6.07) is 0.329. The molecule has 0 heterocycles. The zero-order valence-corrected chi connectivity index (χ0v) is 12.8. The molecule has 0 amide bonds. The number of benzene rings is 1. The molecule has 1 rings (SSSR count). The highest BCUT2D eigenvalue weighted by atomic mass is 32.2. The third-order valence-electron chi connectivity index (χ3n) is 2.29. The topological polar surface area (TPSA) is 78.9 Å². The van der Waals surface area contributed by atoms with Gasteiger partial charge < -0.3 is 9.47 Å². The predicted octanol–water partition coefficient (Wildman–Crippen LogP) is 1.25. The standard InChI is InChI=1S/C13H11F3O6S/c1-20-12-10(15)8(7-9(14)11(12)16)13(17)21-5-3-4-6-22-23(2,18)19/h7H,5-6H2,1-2H3. The molecule has 0 atom stereocenters. The van der Waals surface area contributed by atoms with Crippen molar-refractivity contribution in [2.45, 2.75) is 0 Å². The summed E-state index contributed by atoms with van der Waals surface area (Å²) in [4.78, 5) is 11.6. The fourth-order valence-corrected chi connectivity index (χ4v) is 1.60. The van der Waals surface area contributed by atoms with E-state index >= 15 is 0 Å². The molecule has 1 aromatic carbocycles. The maximum Gasteiger partial charge on any atom is 0.342 e. The fourth-order valence-electron chi connectivity index (χ4n) is 1.33. The van der Waals surface area contributed by atoms with Crippen molar-refractivity contribution in [3.8, 4) is 17.6 Å². The summed E-state index contributed by atoms with van der Waals surface area (Å²) < 4.78 is 74.6. The number of halogens is 3. The molecular formula is C13H11F3O6S. The van der Waals surface area contributed by atoms with E-state index in [9.17, 15) is 26.4 Å². The molecule has 0 N–H and O–H groups in total. The highest BCUT2D eigenvalue weighted by molar-refractivity contribution is 7.86. The van der Waals surface area contributed by atoms with Gasteiger partial charge in [-0.05, 0) is 6.07 Å². The average Bonchev–Trinajstić information content (AvgIpc) is 2.45. The molecule has 6 nitrogen and oxygen atoms in total. The Kier molecular flexibility index (Phi) is 6.41. The van der Waals surface area contributed by atoms with Crippen LogP contribution in [0.4, 0.5) is 13.2 Å². The molecule has 23 heavy (non-hydrogen) atoms. The van der Waals surface area contributed by atoms with Gasteiger partial charge in [-0.2, -0.15) is 12.8 Å². The lowest BCUT2D eigenvalue weighted by molar-refractivity contribution is 0.0549. The van der Waals surface area contributed by atoms with Gasteiger partial charge in [-0.3, -0.25) is 4.18 Å². The normalized spacial score (nSPS) is 10.7. The van der Waals surface area contributed by atoms with Crippen molar-refractivity contribution >= 4 is 16.1 Å². The highest BCUT2D eigenvalue weighted by Crippen LogP contribution is 2.27. The van der Waals surface area contributed by atoms with Gasteiger partial charge in [0.25, 0.3) is 10.1 Å². The number of rotatable bonds is 5. The molecule has 0 fully saturated rings. The smallest absolute Gasteiger partial charge is 0.342 e. The van der Waals surface area contributed by atoms with Crippen molar-refractivity contribution in [1.29, 1.82) is 0 Å². The van der Waals surface area contributed by atoms with Crippen molar-refractivity contribution in [2.24, 2.45) is 0 Å². The van der Waals surface area contributed by atoms with E-state index in [1.807, 2.05) is 0 Å². The van der Waals surface area contributed by atoms with Gasteiger partial charge in [-0.25, -0.2) is 13.6 Å². The summed E-state index contributed by atoms with van der Waals surface area (Å²) >= 11 is 0. The maximum absolute atomic E-state index is 13.8. The van der Waals surface area contributed by atoms with Crippen LogP contribution in [-0.4, -0.2) is 41.0 Å². The molecule has 0 aliphatic rings. The second-order valence-corrected chi connectivity index (χ2v) is 5.61. The van der Waals surface area contributed by atoms with Gasteiger partial charge in [-0.1, -0.05) is 11.8 Å². The molecule has 10 heteroatoms. The molecule has 0 bridgehead atoms. The first-order valence-corrected chi connectivity index (χ1v) is 7.67. The van der Waals surface area contributed by atoms with Crippen LogP contribution in [0.15, 0.2) is 6.07 Å². The third kappa shape index (κ3) is 5.46. The van der Waals surface area contributed by atoms with Crippen LogP contribution in [0.3, 0.4) is 0 Å². The molecule has 0 unspecified atom stereocenters. The van der Waals surface area contributed by atoms with Gasteiger partial charge in [0.1, 0.15) is 12.2 Å². The van der Waals surface area contributed by atoms with E-state index in [0.29, 0.717) is 6.07 Å². The first-order chi connectivity index (χ1) is 10.7. The Morgan fingerprint density at radius 3 is 2.35 bits per heavy atom. The number of ether oxygens (including phenoxy) is 2. The molecule has 0 aromatic heterocycles. The Balaban J connectivity index is 2.73. The molecule has 0 saturated heterocycles. The van der Waals surface area contributed by atoms with E-state index in [1.165, 1.54) is 0 Å². The summed E-state index contributed by atoms with van der Waals surface area (Å²) in [5.74, 6) is -2.36. The van der Waals surface area contributed by atoms with Crippen LogP contribution in [0.2, 0.25) is 0 Å². The molecule has 0 saturated carbocycles. The lowest BCUT2D eigenvalue weighted by atomic mass is 10.2. The van der Waals surface area contributed by atoms with E-state index < -0.39 is 58.1 Å². The molecule has 0 aliphatic heterocycles.